The molecule has 2 heteroatoms. The topological polar surface area (TPSA) is 20.2 Å². The first-order chi connectivity index (χ1) is 9.82. The minimum atomic E-state index is -1.12. The van der Waals surface area contributed by atoms with Gasteiger partial charge < -0.3 is 7.96 Å². The summed E-state index contributed by atoms with van der Waals surface area (Å²) in [5.74, 6) is 0. The van der Waals surface area contributed by atoms with Crippen molar-refractivity contribution < 1.29 is 7.96 Å². The molecule has 3 rings (SSSR count). The van der Waals surface area contributed by atoms with Crippen LogP contribution >= 0.6 is 0 Å². The molecule has 21 heavy (non-hydrogen) atoms. The summed E-state index contributed by atoms with van der Waals surface area (Å²) in [6.07, 6.45) is 0. The van der Waals surface area contributed by atoms with Gasteiger partial charge in [0, 0.05) is 0 Å². The molecule has 0 spiro atoms. The van der Waals surface area contributed by atoms with Gasteiger partial charge in [0.25, 0.3) is 0 Å². The van der Waals surface area contributed by atoms with Gasteiger partial charge in [-0.15, -0.1) is 0 Å². The van der Waals surface area contributed by atoms with Crippen molar-refractivity contribution in [3.63, 3.8) is 0 Å². The Bertz CT molecular complexity index is 579. The van der Waals surface area contributed by atoms with E-state index in [2.05, 4.69) is 0 Å². The molecule has 0 aliphatic carbocycles. The molecule has 3 aromatic carbocycles. The van der Waals surface area contributed by atoms with Gasteiger partial charge >= 0.3 is 23.1 Å². The fraction of sp³-hybridized carbons (Fsp3) is 0.0526. The maximum absolute atomic E-state index is 11.4. The second-order valence-electron chi connectivity index (χ2n) is 4.81. The van der Waals surface area contributed by atoms with Crippen molar-refractivity contribution in [1.82, 2.24) is 0 Å². The van der Waals surface area contributed by atoms with Gasteiger partial charge in [0.1, 0.15) is 5.60 Å². The first kappa shape index (κ1) is 15.8. The summed E-state index contributed by atoms with van der Waals surface area (Å²) in [6, 6.07) is 29.3. The molecule has 0 unspecified atom stereocenters. The summed E-state index contributed by atoms with van der Waals surface area (Å²) in [5.41, 5.74) is 1.50. The van der Waals surface area contributed by atoms with Crippen LogP contribution in [0.2, 0.25) is 0 Å². The molecule has 0 aliphatic heterocycles. The van der Waals surface area contributed by atoms with Gasteiger partial charge in [-0.2, -0.15) is 0 Å². The molecule has 0 radical (unpaired) electrons. The van der Waals surface area contributed by atoms with Gasteiger partial charge in [-0.05, 0) is 16.7 Å². The first-order valence-corrected chi connectivity index (χ1v) is 6.71. The summed E-state index contributed by atoms with van der Waals surface area (Å²) < 4.78 is 0. The van der Waals surface area contributed by atoms with Crippen LogP contribution in [0.15, 0.2) is 91.0 Å². The molecule has 1 N–H and O–H groups in total. The molecule has 0 aliphatic rings. The van der Waals surface area contributed by atoms with E-state index in [-0.39, 0.29) is 25.9 Å². The Morgan fingerprint density at radius 3 is 1.00 bits per heavy atom. The van der Waals surface area contributed by atoms with Gasteiger partial charge in [-0.3, -0.25) is 0 Å². The third-order valence-corrected chi connectivity index (χ3v) is 3.57. The molecule has 3 aromatic rings. The number of aliphatic hydroxyl groups is 1. The zero-order chi connectivity index (χ0) is 13.8. The molecule has 0 heterocycles. The first-order valence-electron chi connectivity index (χ1n) is 6.71. The molecular weight excluding hydrogens is 269 g/mol. The van der Waals surface area contributed by atoms with Crippen LogP contribution in [-0.2, 0) is 5.60 Å². The summed E-state index contributed by atoms with van der Waals surface area (Å²) in [5, 5.41) is 11.4. The quantitative estimate of drug-likeness (QED) is 0.573. The average Bonchev–Trinajstić information content (AvgIpc) is 2.56. The molecule has 1 nitrogen and oxygen atoms in total. The molecule has 0 aromatic heterocycles. The van der Waals surface area contributed by atoms with Crippen molar-refractivity contribution in [2.75, 3.05) is 0 Å². The Morgan fingerprint density at radius 1 is 0.524 bits per heavy atom. The number of hydrogen-bond acceptors (Lipinski definition) is 1. The Balaban J connectivity index is 0.00000161. The number of hydrogen-bond donors (Lipinski definition) is 1. The summed E-state index contributed by atoms with van der Waals surface area (Å²) >= 11 is 0. The Labute approximate surface area is 144 Å². The van der Waals surface area contributed by atoms with E-state index < -0.39 is 5.60 Å². The SMILES string of the molecule is OC(c1ccccc1)(c1ccccc1)c1ccccc1.[H-].[H-].[Mg+2]. The van der Waals surface area contributed by atoms with Crippen LogP contribution in [0.5, 0.6) is 0 Å². The molecule has 0 saturated heterocycles. The van der Waals surface area contributed by atoms with Crippen molar-refractivity contribution in [3.8, 4) is 0 Å². The third-order valence-electron chi connectivity index (χ3n) is 3.57. The van der Waals surface area contributed by atoms with E-state index >= 15 is 0 Å². The van der Waals surface area contributed by atoms with Crippen molar-refractivity contribution in [2.24, 2.45) is 0 Å². The Morgan fingerprint density at radius 2 is 0.762 bits per heavy atom. The van der Waals surface area contributed by atoms with Crippen LogP contribution in [0.25, 0.3) is 0 Å². The minimum absolute atomic E-state index is 0. The maximum atomic E-state index is 11.4. The molecule has 0 saturated carbocycles. The van der Waals surface area contributed by atoms with Gasteiger partial charge in [-0.25, -0.2) is 0 Å². The number of rotatable bonds is 3. The van der Waals surface area contributed by atoms with Crippen LogP contribution in [0, 0.1) is 0 Å². The number of benzene rings is 3. The largest absolute Gasteiger partial charge is 2.00 e. The van der Waals surface area contributed by atoms with E-state index in [0.29, 0.717) is 0 Å². The van der Waals surface area contributed by atoms with Gasteiger partial charge in [0.15, 0.2) is 0 Å². The summed E-state index contributed by atoms with van der Waals surface area (Å²) in [4.78, 5) is 0. The zero-order valence-corrected chi connectivity index (χ0v) is 13.2. The Hall–Kier alpha value is -1.61. The molecule has 0 fully saturated rings. The van der Waals surface area contributed by atoms with E-state index in [9.17, 15) is 5.11 Å². The van der Waals surface area contributed by atoms with Gasteiger partial charge in [0.05, 0.1) is 0 Å². The fourth-order valence-electron chi connectivity index (χ4n) is 2.54. The van der Waals surface area contributed by atoms with Crippen molar-refractivity contribution in [3.05, 3.63) is 108 Å². The summed E-state index contributed by atoms with van der Waals surface area (Å²) in [7, 11) is 0. The van der Waals surface area contributed by atoms with E-state index in [4.69, 9.17) is 0 Å². The third kappa shape index (κ3) is 3.03. The average molecular weight is 287 g/mol. The predicted octanol–water partition coefficient (Wildman–Crippen LogP) is 3.82. The summed E-state index contributed by atoms with van der Waals surface area (Å²) in [6.45, 7) is 0. The van der Waals surface area contributed by atoms with E-state index in [1.54, 1.807) is 0 Å². The second kappa shape index (κ2) is 6.90. The van der Waals surface area contributed by atoms with Crippen molar-refractivity contribution in [2.45, 2.75) is 5.60 Å². The monoisotopic (exact) mass is 286 g/mol. The normalized spacial score (nSPS) is 10.7. The fourth-order valence-corrected chi connectivity index (χ4v) is 2.54. The molecule has 0 amide bonds. The smallest absolute Gasteiger partial charge is 1.00 e. The standard InChI is InChI=1S/C19H16O.Mg.2H/c20-19(16-10-4-1-5-11-16,17-12-6-2-7-13-17)18-14-8-3-9-15-18;;;/h1-15,20H;;;/q;+2;2*-1. The second-order valence-corrected chi connectivity index (χ2v) is 4.81. The van der Waals surface area contributed by atoms with E-state index in [1.165, 1.54) is 0 Å². The van der Waals surface area contributed by atoms with Crippen LogP contribution in [0.4, 0.5) is 0 Å². The van der Waals surface area contributed by atoms with Crippen LogP contribution in [0.3, 0.4) is 0 Å². The van der Waals surface area contributed by atoms with Crippen LogP contribution in [-0.4, -0.2) is 28.2 Å². The van der Waals surface area contributed by atoms with Crippen molar-refractivity contribution in [1.29, 1.82) is 0 Å². The Kier molecular flexibility index (Phi) is 5.18. The van der Waals surface area contributed by atoms with E-state index in [1.807, 2.05) is 91.0 Å². The van der Waals surface area contributed by atoms with E-state index in [0.717, 1.165) is 16.7 Å². The van der Waals surface area contributed by atoms with Gasteiger partial charge in [-0.1, -0.05) is 91.0 Å². The minimum Gasteiger partial charge on any atom is -1.00 e. The van der Waals surface area contributed by atoms with Crippen LogP contribution < -0.4 is 0 Å². The van der Waals surface area contributed by atoms with Crippen LogP contribution in [0.1, 0.15) is 19.5 Å². The molecule has 102 valence electrons. The zero-order valence-electron chi connectivity index (χ0n) is 13.8. The molecular formula is C19H18MgO. The maximum Gasteiger partial charge on any atom is 2.00 e. The predicted molar refractivity (Wildman–Crippen MR) is 89.4 cm³/mol. The molecule has 0 atom stereocenters. The molecule has 0 bridgehead atoms. The van der Waals surface area contributed by atoms with Crippen molar-refractivity contribution >= 4 is 23.1 Å². The van der Waals surface area contributed by atoms with Gasteiger partial charge in [0.2, 0.25) is 0 Å².